The maximum Gasteiger partial charge on any atom is 0.278 e. The predicted octanol–water partition coefficient (Wildman–Crippen LogP) is -0.924. The lowest BCUT2D eigenvalue weighted by Gasteiger charge is -2.24. The Balaban J connectivity index is 0.000000704. The second-order valence-electron chi connectivity index (χ2n) is 4.64. The fraction of sp³-hybridized carbons (Fsp3) is 0.667. The molecule has 1 aromatic rings. The summed E-state index contributed by atoms with van der Waals surface area (Å²) in [4.78, 5) is 18.1. The van der Waals surface area contributed by atoms with Gasteiger partial charge in [0.2, 0.25) is 0 Å². The van der Waals surface area contributed by atoms with Crippen LogP contribution < -0.4 is 15.8 Å². The van der Waals surface area contributed by atoms with E-state index in [2.05, 4.69) is 10.3 Å². The van der Waals surface area contributed by atoms with Gasteiger partial charge in [0, 0.05) is 14.2 Å². The highest BCUT2D eigenvalue weighted by atomic mass is 16.5. The molecule has 3 rings (SSSR count). The molecule has 112 valence electrons. The van der Waals surface area contributed by atoms with Gasteiger partial charge in [-0.1, -0.05) is 0 Å². The minimum Gasteiger partial charge on any atom is -0.400 e. The second-order valence-corrected chi connectivity index (χ2v) is 4.64. The number of aliphatic hydroxyl groups excluding tert-OH is 2. The highest BCUT2D eigenvalue weighted by Crippen LogP contribution is 2.32. The fourth-order valence-corrected chi connectivity index (χ4v) is 2.43. The van der Waals surface area contributed by atoms with E-state index in [1.807, 2.05) is 4.90 Å². The molecular weight excluding hydrogens is 264 g/mol. The summed E-state index contributed by atoms with van der Waals surface area (Å²) in [5.74, 6) is 0.640. The normalized spacial score (nSPS) is 23.9. The van der Waals surface area contributed by atoms with Crippen molar-refractivity contribution < 1.29 is 14.9 Å². The molecule has 0 aromatic carbocycles. The van der Waals surface area contributed by atoms with Gasteiger partial charge in [-0.05, 0) is 12.8 Å². The molecular formula is C12H20N4O4. The fourth-order valence-electron chi connectivity index (χ4n) is 2.43. The number of nitrogens with zero attached hydrogens (tertiary/aromatic N) is 3. The molecule has 2 aliphatic heterocycles. The number of aliphatic hydroxyl groups is 2. The van der Waals surface area contributed by atoms with E-state index in [9.17, 15) is 4.79 Å². The van der Waals surface area contributed by atoms with E-state index in [1.54, 1.807) is 7.05 Å². The lowest BCUT2D eigenvalue weighted by Crippen LogP contribution is -2.36. The van der Waals surface area contributed by atoms with Crippen molar-refractivity contribution in [3.05, 3.63) is 16.7 Å². The molecule has 0 spiro atoms. The number of nitrogens with one attached hydrogen (secondary N) is 1. The van der Waals surface area contributed by atoms with Crippen LogP contribution >= 0.6 is 0 Å². The van der Waals surface area contributed by atoms with Crippen molar-refractivity contribution in [2.75, 3.05) is 30.6 Å². The Kier molecular flexibility index (Phi) is 4.58. The molecule has 2 aliphatic rings. The largest absolute Gasteiger partial charge is 0.400 e. The van der Waals surface area contributed by atoms with E-state index in [0.29, 0.717) is 18.2 Å². The molecule has 3 heterocycles. The van der Waals surface area contributed by atoms with Crippen LogP contribution in [-0.4, -0.2) is 52.5 Å². The van der Waals surface area contributed by atoms with E-state index in [0.717, 1.165) is 20.0 Å². The highest BCUT2D eigenvalue weighted by Gasteiger charge is 2.35. The van der Waals surface area contributed by atoms with Crippen LogP contribution in [0.1, 0.15) is 12.8 Å². The topological polar surface area (TPSA) is 99.8 Å². The minimum atomic E-state index is -0.115. The SMILES string of the molecule is CO.Cn1cnc2c(c1=O)NCN2C1CCC(CO)O1. The molecule has 3 N–H and O–H groups in total. The van der Waals surface area contributed by atoms with Crippen molar-refractivity contribution in [1.82, 2.24) is 9.55 Å². The van der Waals surface area contributed by atoms with Crippen molar-refractivity contribution in [3.63, 3.8) is 0 Å². The molecule has 20 heavy (non-hydrogen) atoms. The molecule has 1 saturated heterocycles. The third-order valence-electron chi connectivity index (χ3n) is 3.45. The van der Waals surface area contributed by atoms with Gasteiger partial charge >= 0.3 is 0 Å². The monoisotopic (exact) mass is 284 g/mol. The number of anilines is 2. The maximum atomic E-state index is 11.9. The summed E-state index contributed by atoms with van der Waals surface area (Å²) in [7, 11) is 2.67. The van der Waals surface area contributed by atoms with Gasteiger partial charge in [0.25, 0.3) is 5.56 Å². The molecule has 2 atom stereocenters. The van der Waals surface area contributed by atoms with E-state index >= 15 is 0 Å². The second kappa shape index (κ2) is 6.21. The third-order valence-corrected chi connectivity index (χ3v) is 3.45. The van der Waals surface area contributed by atoms with E-state index in [4.69, 9.17) is 14.9 Å². The Bertz CT molecular complexity index is 519. The van der Waals surface area contributed by atoms with Crippen molar-refractivity contribution >= 4 is 11.5 Å². The molecule has 0 saturated carbocycles. The van der Waals surface area contributed by atoms with E-state index < -0.39 is 0 Å². The molecule has 1 fully saturated rings. The number of aromatic nitrogens is 2. The molecule has 8 nitrogen and oxygen atoms in total. The number of ether oxygens (including phenoxy) is 1. The number of hydrogen-bond donors (Lipinski definition) is 3. The Morgan fingerprint density at radius 1 is 1.50 bits per heavy atom. The number of rotatable bonds is 2. The van der Waals surface area contributed by atoms with E-state index in [1.165, 1.54) is 10.9 Å². The molecule has 8 heteroatoms. The standard InChI is InChI=1S/C11H16N4O3.CH4O/c1-14-5-13-10-9(11(14)17)12-6-15(10)8-3-2-7(4-16)18-8;1-2/h5,7-8,12,16H,2-4,6H2,1H3;2H,1H3. The van der Waals surface area contributed by atoms with Crippen LogP contribution in [0, 0.1) is 0 Å². The van der Waals surface area contributed by atoms with E-state index in [-0.39, 0.29) is 24.5 Å². The molecule has 0 radical (unpaired) electrons. The van der Waals surface area contributed by atoms with Crippen LogP contribution in [0.4, 0.5) is 11.5 Å². The van der Waals surface area contributed by atoms with Crippen LogP contribution in [0.2, 0.25) is 0 Å². The average molecular weight is 284 g/mol. The van der Waals surface area contributed by atoms with Gasteiger partial charge in [-0.2, -0.15) is 0 Å². The average Bonchev–Trinajstić information content (AvgIpc) is 3.11. The zero-order valence-corrected chi connectivity index (χ0v) is 11.6. The van der Waals surface area contributed by atoms with Crippen molar-refractivity contribution in [3.8, 4) is 0 Å². The van der Waals surface area contributed by atoms with Crippen LogP contribution in [0.5, 0.6) is 0 Å². The molecule has 1 aromatic heterocycles. The zero-order chi connectivity index (χ0) is 14.7. The van der Waals surface area contributed by atoms with Gasteiger partial charge in [-0.15, -0.1) is 0 Å². The Morgan fingerprint density at radius 2 is 2.25 bits per heavy atom. The van der Waals surface area contributed by atoms with Crippen LogP contribution in [0.25, 0.3) is 0 Å². The van der Waals surface area contributed by atoms with Gasteiger partial charge < -0.3 is 29.7 Å². The van der Waals surface area contributed by atoms with Gasteiger partial charge in [-0.3, -0.25) is 4.79 Å². The first-order valence-corrected chi connectivity index (χ1v) is 6.48. The first-order valence-electron chi connectivity index (χ1n) is 6.48. The van der Waals surface area contributed by atoms with Gasteiger partial charge in [0.1, 0.15) is 11.9 Å². The molecule has 0 amide bonds. The molecule has 0 bridgehead atoms. The number of fused-ring (bicyclic) bond motifs is 1. The molecule has 0 aliphatic carbocycles. The highest BCUT2D eigenvalue weighted by molar-refractivity contribution is 5.69. The first kappa shape index (κ1) is 14.8. The number of hydrogen-bond acceptors (Lipinski definition) is 7. The summed E-state index contributed by atoms with van der Waals surface area (Å²) in [6.45, 7) is 0.555. The summed E-state index contributed by atoms with van der Waals surface area (Å²) >= 11 is 0. The van der Waals surface area contributed by atoms with Crippen LogP contribution in [0.3, 0.4) is 0 Å². The lowest BCUT2D eigenvalue weighted by molar-refractivity contribution is 0.0114. The van der Waals surface area contributed by atoms with Crippen molar-refractivity contribution in [2.45, 2.75) is 25.2 Å². The Morgan fingerprint density at radius 3 is 2.90 bits per heavy atom. The number of aryl methyl sites for hydroxylation is 1. The summed E-state index contributed by atoms with van der Waals surface area (Å²) in [5.41, 5.74) is 0.440. The summed E-state index contributed by atoms with van der Waals surface area (Å²) in [6.07, 6.45) is 2.96. The third kappa shape index (κ3) is 2.49. The smallest absolute Gasteiger partial charge is 0.278 e. The summed E-state index contributed by atoms with van der Waals surface area (Å²) in [6, 6.07) is 0. The summed E-state index contributed by atoms with van der Waals surface area (Å²) < 4.78 is 7.15. The lowest BCUT2D eigenvalue weighted by atomic mass is 10.2. The predicted molar refractivity (Wildman–Crippen MR) is 73.6 cm³/mol. The van der Waals surface area contributed by atoms with Crippen molar-refractivity contribution in [1.29, 1.82) is 0 Å². The van der Waals surface area contributed by atoms with Crippen molar-refractivity contribution in [2.24, 2.45) is 7.05 Å². The minimum absolute atomic E-state index is 0.0363. The Labute approximate surface area is 116 Å². The van der Waals surface area contributed by atoms with Gasteiger partial charge in [-0.25, -0.2) is 4.98 Å². The van der Waals surface area contributed by atoms with Gasteiger partial charge in [0.15, 0.2) is 5.82 Å². The van der Waals surface area contributed by atoms with Gasteiger partial charge in [0.05, 0.1) is 25.7 Å². The first-order chi connectivity index (χ1) is 9.70. The maximum absolute atomic E-state index is 11.9. The quantitative estimate of drug-likeness (QED) is 0.645. The van der Waals surface area contributed by atoms with Crippen LogP contribution in [-0.2, 0) is 11.8 Å². The van der Waals surface area contributed by atoms with Crippen LogP contribution in [0.15, 0.2) is 11.1 Å². The zero-order valence-electron chi connectivity index (χ0n) is 11.6. The Hall–Kier alpha value is -1.64. The molecule has 2 unspecified atom stereocenters. The summed E-state index contributed by atoms with van der Waals surface area (Å²) in [5, 5.41) is 19.1.